The van der Waals surface area contributed by atoms with E-state index in [4.69, 9.17) is 0 Å². The molecule has 0 bridgehead atoms. The Labute approximate surface area is 77.4 Å². The number of carbonyl (C=O) groups is 1. The molecule has 76 valence electrons. The van der Waals surface area contributed by atoms with Crippen molar-refractivity contribution >= 4 is 16.1 Å². The van der Waals surface area contributed by atoms with E-state index in [0.29, 0.717) is 13.1 Å². The number of rotatable bonds is 3. The summed E-state index contributed by atoms with van der Waals surface area (Å²) in [6.45, 7) is 2.29. The molecule has 2 N–H and O–H groups in total. The Morgan fingerprint density at radius 2 is 1.85 bits per heavy atom. The van der Waals surface area contributed by atoms with Crippen molar-refractivity contribution in [2.45, 2.75) is 19.8 Å². The van der Waals surface area contributed by atoms with E-state index in [1.807, 2.05) is 10.3 Å². The van der Waals surface area contributed by atoms with E-state index >= 15 is 0 Å². The molecule has 0 radical (unpaired) electrons. The highest BCUT2D eigenvalue weighted by Crippen LogP contribution is 2.10. The van der Waals surface area contributed by atoms with Crippen LogP contribution < -0.4 is 10.3 Å². The van der Waals surface area contributed by atoms with Crippen LogP contribution in [-0.4, -0.2) is 31.7 Å². The fourth-order valence-corrected chi connectivity index (χ4v) is 2.27. The molecule has 0 unspecified atom stereocenters. The molecule has 1 heterocycles. The Kier molecular flexibility index (Phi) is 3.23. The highest BCUT2D eigenvalue weighted by molar-refractivity contribution is 7.87. The van der Waals surface area contributed by atoms with Gasteiger partial charge in [-0.1, -0.05) is 0 Å². The van der Waals surface area contributed by atoms with Crippen LogP contribution in [0.25, 0.3) is 0 Å². The van der Waals surface area contributed by atoms with Gasteiger partial charge in [0.25, 0.3) is 10.2 Å². The van der Waals surface area contributed by atoms with E-state index in [-0.39, 0.29) is 0 Å². The summed E-state index contributed by atoms with van der Waals surface area (Å²) in [5.41, 5.74) is 2.04. The summed E-state index contributed by atoms with van der Waals surface area (Å²) >= 11 is 0. The van der Waals surface area contributed by atoms with Gasteiger partial charge >= 0.3 is 0 Å². The second kappa shape index (κ2) is 4.03. The van der Waals surface area contributed by atoms with E-state index in [1.54, 1.807) is 0 Å². The van der Waals surface area contributed by atoms with Crippen molar-refractivity contribution in [3.63, 3.8) is 0 Å². The second-order valence-corrected chi connectivity index (χ2v) is 4.57. The minimum absolute atomic E-state index is 0.428. The second-order valence-electron chi connectivity index (χ2n) is 2.89. The van der Waals surface area contributed by atoms with Gasteiger partial charge in [0.2, 0.25) is 5.91 Å². The summed E-state index contributed by atoms with van der Waals surface area (Å²) in [6.07, 6.45) is 1.75. The average Bonchev–Trinajstić information content (AvgIpc) is 2.53. The van der Waals surface area contributed by atoms with Gasteiger partial charge in [0.15, 0.2) is 0 Å². The first-order valence-corrected chi connectivity index (χ1v) is 5.50. The molecule has 0 aromatic carbocycles. The number of nitrogens with zero attached hydrogens (tertiary/aromatic N) is 1. The van der Waals surface area contributed by atoms with Crippen molar-refractivity contribution in [1.29, 1.82) is 0 Å². The van der Waals surface area contributed by atoms with Crippen molar-refractivity contribution in [2.24, 2.45) is 0 Å². The number of hydrazine groups is 1. The highest BCUT2D eigenvalue weighted by atomic mass is 32.2. The number of carbonyl (C=O) groups excluding carboxylic acids is 1. The lowest BCUT2D eigenvalue weighted by molar-refractivity contribution is -0.119. The number of amides is 1. The Balaban J connectivity index is 2.50. The molecule has 0 aromatic rings. The van der Waals surface area contributed by atoms with Crippen molar-refractivity contribution in [2.75, 3.05) is 13.1 Å². The molecule has 0 aromatic heterocycles. The lowest BCUT2D eigenvalue weighted by Crippen LogP contribution is -2.47. The Bertz CT molecular complexity index is 281. The fraction of sp³-hybridized carbons (Fsp3) is 0.833. The van der Waals surface area contributed by atoms with E-state index in [9.17, 15) is 13.2 Å². The normalized spacial score (nSPS) is 18.8. The molecule has 0 saturated carbocycles. The van der Waals surface area contributed by atoms with Crippen molar-refractivity contribution in [1.82, 2.24) is 14.6 Å². The first kappa shape index (κ1) is 10.4. The smallest absolute Gasteiger partial charge is 0.277 e. The van der Waals surface area contributed by atoms with Gasteiger partial charge in [-0.3, -0.25) is 10.2 Å². The van der Waals surface area contributed by atoms with Crippen LogP contribution in [0.5, 0.6) is 0 Å². The molecule has 1 aliphatic heterocycles. The van der Waals surface area contributed by atoms with Gasteiger partial charge in [0.05, 0.1) is 0 Å². The van der Waals surface area contributed by atoms with Crippen LogP contribution in [-0.2, 0) is 15.0 Å². The van der Waals surface area contributed by atoms with Gasteiger partial charge in [0, 0.05) is 20.0 Å². The predicted molar refractivity (Wildman–Crippen MR) is 46.7 cm³/mol. The maximum absolute atomic E-state index is 11.3. The third-order valence-electron chi connectivity index (χ3n) is 1.76. The molecule has 0 spiro atoms. The zero-order valence-electron chi connectivity index (χ0n) is 7.41. The predicted octanol–water partition coefficient (Wildman–Crippen LogP) is -1.03. The zero-order chi connectivity index (χ0) is 9.90. The lowest BCUT2D eigenvalue weighted by atomic mass is 10.4. The van der Waals surface area contributed by atoms with Crippen LogP contribution >= 0.6 is 0 Å². The molecule has 1 aliphatic rings. The van der Waals surface area contributed by atoms with E-state index in [1.165, 1.54) is 11.2 Å². The van der Waals surface area contributed by atoms with Gasteiger partial charge in [-0.2, -0.15) is 12.7 Å². The average molecular weight is 207 g/mol. The van der Waals surface area contributed by atoms with Crippen molar-refractivity contribution in [3.05, 3.63) is 0 Å². The van der Waals surface area contributed by atoms with Gasteiger partial charge < -0.3 is 0 Å². The topological polar surface area (TPSA) is 78.5 Å². The maximum Gasteiger partial charge on any atom is 0.296 e. The molecule has 7 heteroatoms. The summed E-state index contributed by atoms with van der Waals surface area (Å²) in [7, 11) is -3.50. The van der Waals surface area contributed by atoms with Gasteiger partial charge in [0.1, 0.15) is 0 Å². The molecular formula is C6H13N3O3S. The number of hydrogen-bond acceptors (Lipinski definition) is 3. The van der Waals surface area contributed by atoms with Crippen LogP contribution in [0.4, 0.5) is 0 Å². The van der Waals surface area contributed by atoms with Crippen LogP contribution in [0.3, 0.4) is 0 Å². The molecule has 1 amide bonds. The Morgan fingerprint density at radius 1 is 1.31 bits per heavy atom. The van der Waals surface area contributed by atoms with Crippen LogP contribution in [0.1, 0.15) is 19.8 Å². The third kappa shape index (κ3) is 2.94. The summed E-state index contributed by atoms with van der Waals surface area (Å²) in [6, 6.07) is 0. The molecular weight excluding hydrogens is 194 g/mol. The molecule has 0 aliphatic carbocycles. The standard InChI is InChI=1S/C6H13N3O3S/c1-6(10)7-8-13(11,12)9-4-2-3-5-9/h8H,2-5H2,1H3,(H,7,10). The summed E-state index contributed by atoms with van der Waals surface area (Å²) < 4.78 is 24.0. The van der Waals surface area contributed by atoms with E-state index < -0.39 is 16.1 Å². The summed E-state index contributed by atoms with van der Waals surface area (Å²) in [4.78, 5) is 12.4. The van der Waals surface area contributed by atoms with Crippen LogP contribution in [0.15, 0.2) is 0 Å². The van der Waals surface area contributed by atoms with E-state index in [0.717, 1.165) is 12.8 Å². The largest absolute Gasteiger partial charge is 0.296 e. The Hall–Kier alpha value is -0.660. The van der Waals surface area contributed by atoms with Crippen molar-refractivity contribution in [3.8, 4) is 0 Å². The summed E-state index contributed by atoms with van der Waals surface area (Å²) in [5.74, 6) is -0.428. The highest BCUT2D eigenvalue weighted by Gasteiger charge is 2.24. The quantitative estimate of drug-likeness (QED) is 0.581. The number of nitrogens with one attached hydrogen (secondary N) is 2. The van der Waals surface area contributed by atoms with Crippen LogP contribution in [0.2, 0.25) is 0 Å². The third-order valence-corrected chi connectivity index (χ3v) is 3.17. The summed E-state index contributed by atoms with van der Waals surface area (Å²) in [5, 5.41) is 0. The minimum atomic E-state index is -3.50. The molecule has 13 heavy (non-hydrogen) atoms. The van der Waals surface area contributed by atoms with Crippen molar-refractivity contribution < 1.29 is 13.2 Å². The molecule has 1 saturated heterocycles. The molecule has 0 atom stereocenters. The first-order valence-electron chi connectivity index (χ1n) is 4.06. The molecule has 1 fully saturated rings. The zero-order valence-corrected chi connectivity index (χ0v) is 8.23. The van der Waals surface area contributed by atoms with Gasteiger partial charge in [-0.25, -0.2) is 0 Å². The number of hydrogen-bond donors (Lipinski definition) is 2. The van der Waals surface area contributed by atoms with E-state index in [2.05, 4.69) is 0 Å². The van der Waals surface area contributed by atoms with Gasteiger partial charge in [-0.05, 0) is 12.8 Å². The SMILES string of the molecule is CC(=O)NNS(=O)(=O)N1CCCC1. The maximum atomic E-state index is 11.3. The lowest BCUT2D eigenvalue weighted by Gasteiger charge is -2.15. The molecule has 1 rings (SSSR count). The fourth-order valence-electron chi connectivity index (χ4n) is 1.13. The van der Waals surface area contributed by atoms with Crippen LogP contribution in [0, 0.1) is 0 Å². The Morgan fingerprint density at radius 3 is 2.31 bits per heavy atom. The van der Waals surface area contributed by atoms with Gasteiger partial charge in [-0.15, -0.1) is 4.83 Å². The minimum Gasteiger partial charge on any atom is -0.277 e. The first-order chi connectivity index (χ1) is 6.02. The monoisotopic (exact) mass is 207 g/mol. The molecule has 6 nitrogen and oxygen atoms in total.